The molecular weight excluding hydrogens is 436 g/mol. The van der Waals surface area contributed by atoms with Crippen LogP contribution in [0.4, 0.5) is 4.79 Å². The third-order valence-electron chi connectivity index (χ3n) is 5.75. The van der Waals surface area contributed by atoms with Gasteiger partial charge in [-0.05, 0) is 48.2 Å². The zero-order valence-corrected chi connectivity index (χ0v) is 18.7. The van der Waals surface area contributed by atoms with Gasteiger partial charge in [-0.3, -0.25) is 0 Å². The molecule has 2 aromatic carbocycles. The number of hydrogen-bond acceptors (Lipinski definition) is 6. The number of halogens is 1. The molecule has 9 heteroatoms. The number of amides is 2. The summed E-state index contributed by atoms with van der Waals surface area (Å²) in [6, 6.07) is 10.0. The van der Waals surface area contributed by atoms with Crippen LogP contribution in [0.1, 0.15) is 29.7 Å². The predicted octanol–water partition coefficient (Wildman–Crippen LogP) is 1.47. The zero-order chi connectivity index (χ0) is 23.4. The number of carbonyl (C=O) groups is 1. The Balaban J connectivity index is 1.97. The third kappa shape index (κ3) is 4.84. The van der Waals surface area contributed by atoms with Crippen molar-refractivity contribution in [1.82, 2.24) is 10.2 Å². The minimum absolute atomic E-state index is 0.497. The van der Waals surface area contributed by atoms with Crippen molar-refractivity contribution in [2.75, 3.05) is 20.3 Å². The van der Waals surface area contributed by atoms with E-state index in [1.807, 2.05) is 31.2 Å². The number of nitrogens with one attached hydrogen (secondary N) is 1. The van der Waals surface area contributed by atoms with Crippen LogP contribution in [0.25, 0.3) is 0 Å². The van der Waals surface area contributed by atoms with Crippen molar-refractivity contribution in [3.05, 3.63) is 64.2 Å². The molecule has 5 atom stereocenters. The molecule has 0 unspecified atom stereocenters. The average molecular weight is 465 g/mol. The van der Waals surface area contributed by atoms with Crippen LogP contribution < -0.4 is 10.1 Å². The number of urea groups is 1. The number of benzene rings is 2. The number of hydrogen-bond donors (Lipinski definition) is 5. The van der Waals surface area contributed by atoms with Crippen LogP contribution in [-0.4, -0.2) is 76.0 Å². The maximum Gasteiger partial charge on any atom is 0.318 e. The predicted molar refractivity (Wildman–Crippen MR) is 120 cm³/mol. The van der Waals surface area contributed by atoms with Crippen LogP contribution in [-0.2, 0) is 6.42 Å². The van der Waals surface area contributed by atoms with Crippen molar-refractivity contribution in [1.29, 1.82) is 0 Å². The van der Waals surface area contributed by atoms with E-state index in [-0.39, 0.29) is 0 Å². The van der Waals surface area contributed by atoms with Crippen LogP contribution in [0.15, 0.2) is 42.5 Å². The van der Waals surface area contributed by atoms with Crippen molar-refractivity contribution in [2.24, 2.45) is 0 Å². The molecular formula is C23H29ClN2O6. The first kappa shape index (κ1) is 24.3. The number of piperidine rings is 1. The SMILES string of the molecule is CCOc1ccc(Cc2cc([C@H]3[C@H](O)[C@@H](O)[C@H](O)[C@@H](CO)N3C(=O)NC)ccc2Cl)cc1. The topological polar surface area (TPSA) is 122 Å². The van der Waals surface area contributed by atoms with Crippen molar-refractivity contribution in [2.45, 2.75) is 43.7 Å². The van der Waals surface area contributed by atoms with Crippen molar-refractivity contribution < 1.29 is 30.0 Å². The van der Waals surface area contributed by atoms with Gasteiger partial charge in [0.1, 0.15) is 24.1 Å². The molecule has 0 spiro atoms. The van der Waals surface area contributed by atoms with Gasteiger partial charge in [-0.1, -0.05) is 35.9 Å². The second-order valence-corrected chi connectivity index (χ2v) is 8.14. The first-order valence-corrected chi connectivity index (χ1v) is 10.8. The van der Waals surface area contributed by atoms with Crippen LogP contribution in [0.3, 0.4) is 0 Å². The lowest BCUT2D eigenvalue weighted by atomic mass is 9.84. The lowest BCUT2D eigenvalue weighted by Gasteiger charge is -2.48. The molecule has 2 aromatic rings. The van der Waals surface area contributed by atoms with E-state index in [4.69, 9.17) is 16.3 Å². The first-order valence-electron chi connectivity index (χ1n) is 10.5. The van der Waals surface area contributed by atoms with E-state index < -0.39 is 43.0 Å². The van der Waals surface area contributed by atoms with Crippen molar-refractivity contribution >= 4 is 17.6 Å². The standard InChI is InChI=1S/C23H29ClN2O6/c1-3-32-16-7-4-13(5-8-16)10-15-11-14(6-9-17(15)24)19-21(29)22(30)20(28)18(12-27)26(19)23(31)25-2/h4-9,11,18-22,27-30H,3,10,12H2,1-2H3,(H,25,31)/t18-,19+,20-,21+,22+/m1/s1. The molecule has 0 bridgehead atoms. The highest BCUT2D eigenvalue weighted by Crippen LogP contribution is 2.37. The van der Waals surface area contributed by atoms with Gasteiger partial charge in [0.15, 0.2) is 0 Å². The Morgan fingerprint density at radius 3 is 2.38 bits per heavy atom. The summed E-state index contributed by atoms with van der Waals surface area (Å²) in [6.07, 6.45) is -4.01. The molecule has 1 saturated heterocycles. The van der Waals surface area contributed by atoms with Gasteiger partial charge >= 0.3 is 6.03 Å². The minimum atomic E-state index is -1.54. The average Bonchev–Trinajstić information content (AvgIpc) is 2.80. The van der Waals surface area contributed by atoms with Gasteiger partial charge in [-0.2, -0.15) is 0 Å². The van der Waals surface area contributed by atoms with Gasteiger partial charge in [-0.25, -0.2) is 4.79 Å². The van der Waals surface area contributed by atoms with Crippen LogP contribution in [0.2, 0.25) is 5.02 Å². The highest BCUT2D eigenvalue weighted by atomic mass is 35.5. The number of aliphatic hydroxyl groups excluding tert-OH is 4. The van der Waals surface area contributed by atoms with E-state index in [1.165, 1.54) is 11.9 Å². The van der Waals surface area contributed by atoms with E-state index in [2.05, 4.69) is 5.32 Å². The number of carbonyl (C=O) groups excluding carboxylic acids is 1. The lowest BCUT2D eigenvalue weighted by Crippen LogP contribution is -2.66. The fraction of sp³-hybridized carbons (Fsp3) is 0.435. The van der Waals surface area contributed by atoms with E-state index >= 15 is 0 Å². The molecule has 5 N–H and O–H groups in total. The number of nitrogens with zero attached hydrogens (tertiary/aromatic N) is 1. The third-order valence-corrected chi connectivity index (χ3v) is 6.12. The Bertz CT molecular complexity index is 925. The van der Waals surface area contributed by atoms with Crippen LogP contribution >= 0.6 is 11.6 Å². The summed E-state index contributed by atoms with van der Waals surface area (Å²) in [5.41, 5.74) is 2.28. The molecule has 1 fully saturated rings. The van der Waals surface area contributed by atoms with E-state index in [9.17, 15) is 25.2 Å². The normalized spacial score (nSPS) is 25.5. The molecule has 0 radical (unpaired) electrons. The Morgan fingerprint density at radius 1 is 1.09 bits per heavy atom. The molecule has 3 rings (SSSR count). The quantitative estimate of drug-likeness (QED) is 0.441. The van der Waals surface area contributed by atoms with Crippen molar-refractivity contribution in [3.8, 4) is 5.75 Å². The largest absolute Gasteiger partial charge is 0.494 e. The Morgan fingerprint density at radius 2 is 1.78 bits per heavy atom. The van der Waals surface area contributed by atoms with E-state index in [1.54, 1.807) is 18.2 Å². The first-order chi connectivity index (χ1) is 15.3. The highest BCUT2D eigenvalue weighted by Gasteiger charge is 2.49. The van der Waals surface area contributed by atoms with E-state index in [0.717, 1.165) is 16.9 Å². The second kappa shape index (κ2) is 10.5. The molecule has 174 valence electrons. The number of aliphatic hydroxyl groups is 4. The molecule has 1 heterocycles. The number of ether oxygens (including phenoxy) is 1. The molecule has 0 aromatic heterocycles. The molecule has 32 heavy (non-hydrogen) atoms. The fourth-order valence-electron chi connectivity index (χ4n) is 4.12. The van der Waals surface area contributed by atoms with Gasteiger partial charge in [0.25, 0.3) is 0 Å². The monoisotopic (exact) mass is 464 g/mol. The van der Waals surface area contributed by atoms with Gasteiger partial charge in [0, 0.05) is 12.1 Å². The minimum Gasteiger partial charge on any atom is -0.494 e. The maximum atomic E-state index is 12.6. The van der Waals surface area contributed by atoms with Gasteiger partial charge < -0.3 is 35.4 Å². The maximum absolute atomic E-state index is 12.6. The Labute approximate surface area is 192 Å². The fourth-order valence-corrected chi connectivity index (χ4v) is 4.30. The van der Waals surface area contributed by atoms with Gasteiger partial charge in [0.05, 0.1) is 25.3 Å². The highest BCUT2D eigenvalue weighted by molar-refractivity contribution is 6.31. The lowest BCUT2D eigenvalue weighted by molar-refractivity contribution is -0.158. The molecule has 2 amide bonds. The molecule has 1 aliphatic heterocycles. The summed E-state index contributed by atoms with van der Waals surface area (Å²) in [5, 5.41) is 44.2. The summed E-state index contributed by atoms with van der Waals surface area (Å²) in [6.45, 7) is 1.91. The Kier molecular flexibility index (Phi) is 7.97. The van der Waals surface area contributed by atoms with Gasteiger partial charge in [0.2, 0.25) is 0 Å². The van der Waals surface area contributed by atoms with E-state index in [0.29, 0.717) is 23.6 Å². The van der Waals surface area contributed by atoms with Crippen LogP contribution in [0, 0.1) is 0 Å². The summed E-state index contributed by atoms with van der Waals surface area (Å²) >= 11 is 6.43. The molecule has 0 saturated carbocycles. The van der Waals surface area contributed by atoms with Crippen molar-refractivity contribution in [3.63, 3.8) is 0 Å². The zero-order valence-electron chi connectivity index (χ0n) is 18.0. The second-order valence-electron chi connectivity index (χ2n) is 7.73. The molecule has 1 aliphatic rings. The molecule has 0 aliphatic carbocycles. The smallest absolute Gasteiger partial charge is 0.318 e. The van der Waals surface area contributed by atoms with Crippen LogP contribution in [0.5, 0.6) is 5.75 Å². The Hall–Kier alpha value is -2.36. The number of rotatable bonds is 6. The van der Waals surface area contributed by atoms with Gasteiger partial charge in [-0.15, -0.1) is 0 Å². The summed E-state index contributed by atoms with van der Waals surface area (Å²) in [5.74, 6) is 0.769. The summed E-state index contributed by atoms with van der Waals surface area (Å²) < 4.78 is 5.47. The molecule has 8 nitrogen and oxygen atoms in total. The number of likely N-dealkylation sites (tertiary alicyclic amines) is 1. The summed E-state index contributed by atoms with van der Waals surface area (Å²) in [4.78, 5) is 13.8. The summed E-state index contributed by atoms with van der Waals surface area (Å²) in [7, 11) is 1.41.